The van der Waals surface area contributed by atoms with E-state index >= 15 is 0 Å². The molecule has 1 aliphatic carbocycles. The van der Waals surface area contributed by atoms with Crippen LogP contribution in [0.4, 0.5) is 0 Å². The van der Waals surface area contributed by atoms with Gasteiger partial charge in [0.1, 0.15) is 0 Å². The van der Waals surface area contributed by atoms with Gasteiger partial charge in [0.15, 0.2) is 0 Å². The van der Waals surface area contributed by atoms with E-state index in [1.807, 2.05) is 68.4 Å². The Bertz CT molecular complexity index is 1040. The van der Waals surface area contributed by atoms with Gasteiger partial charge in [0.05, 0.1) is 5.56 Å². The third-order valence-corrected chi connectivity index (χ3v) is 5.47. The number of aromatic nitrogens is 1. The SMILES string of the molecule is Cc1cc(C(=O)OC(C(=O)NC2CC2)c2ccccc2)c(C)n1Cc1ccccc1. The van der Waals surface area contributed by atoms with Gasteiger partial charge in [0, 0.05) is 29.5 Å². The molecule has 1 fully saturated rings. The minimum absolute atomic E-state index is 0.193. The van der Waals surface area contributed by atoms with Crippen LogP contribution in [0.15, 0.2) is 66.7 Å². The number of ether oxygens (including phenoxy) is 1. The second-order valence-corrected chi connectivity index (χ2v) is 7.84. The molecule has 0 radical (unpaired) electrons. The van der Waals surface area contributed by atoms with Crippen molar-refractivity contribution in [1.82, 2.24) is 9.88 Å². The lowest BCUT2D eigenvalue weighted by Crippen LogP contribution is -2.33. The maximum atomic E-state index is 13.1. The number of amides is 1. The fraction of sp³-hybridized carbons (Fsp3) is 0.280. The quantitative estimate of drug-likeness (QED) is 0.599. The second-order valence-electron chi connectivity index (χ2n) is 7.84. The first-order valence-corrected chi connectivity index (χ1v) is 10.3. The Morgan fingerprint density at radius 1 is 1.03 bits per heavy atom. The molecule has 1 heterocycles. The third-order valence-electron chi connectivity index (χ3n) is 5.47. The lowest BCUT2D eigenvalue weighted by molar-refractivity contribution is -0.130. The molecule has 154 valence electrons. The summed E-state index contributed by atoms with van der Waals surface area (Å²) in [6.07, 6.45) is 0.986. The number of carbonyl (C=O) groups excluding carboxylic acids is 2. The van der Waals surface area contributed by atoms with Gasteiger partial charge >= 0.3 is 5.97 Å². The lowest BCUT2D eigenvalue weighted by atomic mass is 10.1. The summed E-state index contributed by atoms with van der Waals surface area (Å²) in [5, 5.41) is 2.95. The molecule has 30 heavy (non-hydrogen) atoms. The second kappa shape index (κ2) is 8.57. The normalized spacial score (nSPS) is 14.2. The number of aryl methyl sites for hydroxylation is 1. The lowest BCUT2D eigenvalue weighted by Gasteiger charge is -2.18. The minimum Gasteiger partial charge on any atom is -0.444 e. The molecule has 1 aliphatic rings. The first-order valence-electron chi connectivity index (χ1n) is 10.3. The molecule has 5 heteroatoms. The van der Waals surface area contributed by atoms with Crippen molar-refractivity contribution in [3.63, 3.8) is 0 Å². The van der Waals surface area contributed by atoms with E-state index in [4.69, 9.17) is 4.74 Å². The minimum atomic E-state index is -0.962. The highest BCUT2D eigenvalue weighted by Gasteiger charge is 2.31. The Labute approximate surface area is 176 Å². The van der Waals surface area contributed by atoms with Crippen LogP contribution in [-0.4, -0.2) is 22.5 Å². The van der Waals surface area contributed by atoms with Gasteiger partial charge in [-0.2, -0.15) is 0 Å². The zero-order valence-electron chi connectivity index (χ0n) is 17.3. The Balaban J connectivity index is 1.56. The molecule has 3 aromatic rings. The maximum Gasteiger partial charge on any atom is 0.341 e. The van der Waals surface area contributed by atoms with Crippen molar-refractivity contribution in [3.8, 4) is 0 Å². The maximum absolute atomic E-state index is 13.1. The van der Waals surface area contributed by atoms with Crippen LogP contribution in [0.2, 0.25) is 0 Å². The molecule has 5 nitrogen and oxygen atoms in total. The Morgan fingerprint density at radius 2 is 1.67 bits per heavy atom. The highest BCUT2D eigenvalue weighted by Crippen LogP contribution is 2.25. The standard InChI is InChI=1S/C25H26N2O3/c1-17-15-22(18(2)27(17)16-19-9-5-3-6-10-19)25(29)30-23(20-11-7-4-8-12-20)24(28)26-21-13-14-21/h3-12,15,21,23H,13-14,16H2,1-2H3,(H,26,28). The van der Waals surface area contributed by atoms with Gasteiger partial charge in [-0.3, -0.25) is 4.79 Å². The molecule has 2 aromatic carbocycles. The van der Waals surface area contributed by atoms with Gasteiger partial charge in [-0.15, -0.1) is 0 Å². The largest absolute Gasteiger partial charge is 0.444 e. The van der Waals surface area contributed by atoms with Gasteiger partial charge < -0.3 is 14.6 Å². The van der Waals surface area contributed by atoms with E-state index in [-0.39, 0.29) is 11.9 Å². The fourth-order valence-corrected chi connectivity index (χ4v) is 3.59. The fourth-order valence-electron chi connectivity index (χ4n) is 3.59. The average molecular weight is 402 g/mol. The van der Waals surface area contributed by atoms with Crippen LogP contribution in [0.3, 0.4) is 0 Å². The molecule has 1 aromatic heterocycles. The van der Waals surface area contributed by atoms with Crippen molar-refractivity contribution < 1.29 is 14.3 Å². The van der Waals surface area contributed by atoms with E-state index in [1.54, 1.807) is 0 Å². The van der Waals surface area contributed by atoms with Gasteiger partial charge in [-0.1, -0.05) is 60.7 Å². The van der Waals surface area contributed by atoms with Crippen LogP contribution < -0.4 is 5.32 Å². The molecular formula is C25H26N2O3. The Kier molecular flexibility index (Phi) is 5.70. The summed E-state index contributed by atoms with van der Waals surface area (Å²) in [4.78, 5) is 25.8. The van der Waals surface area contributed by atoms with Crippen LogP contribution in [0.1, 0.15) is 51.8 Å². The van der Waals surface area contributed by atoms with Crippen molar-refractivity contribution >= 4 is 11.9 Å². The van der Waals surface area contributed by atoms with Crippen LogP contribution in [0.25, 0.3) is 0 Å². The summed E-state index contributed by atoms with van der Waals surface area (Å²) < 4.78 is 7.84. The predicted octanol–water partition coefficient (Wildman–Crippen LogP) is 4.33. The zero-order valence-corrected chi connectivity index (χ0v) is 17.3. The van der Waals surface area contributed by atoms with Crippen molar-refractivity contribution in [2.24, 2.45) is 0 Å². The van der Waals surface area contributed by atoms with Gasteiger partial charge in [0.2, 0.25) is 6.10 Å². The highest BCUT2D eigenvalue weighted by atomic mass is 16.5. The van der Waals surface area contributed by atoms with Crippen LogP contribution in [0.5, 0.6) is 0 Å². The molecule has 1 saturated carbocycles. The summed E-state index contributed by atoms with van der Waals surface area (Å²) in [7, 11) is 0. The summed E-state index contributed by atoms with van der Waals surface area (Å²) in [5.74, 6) is -0.752. The molecule has 0 spiro atoms. The number of benzene rings is 2. The van der Waals surface area contributed by atoms with Crippen LogP contribution in [0, 0.1) is 13.8 Å². The molecule has 1 atom stereocenters. The van der Waals surface area contributed by atoms with E-state index in [0.717, 1.165) is 29.8 Å². The van der Waals surface area contributed by atoms with Crippen molar-refractivity contribution in [3.05, 3.63) is 94.8 Å². The number of rotatable bonds is 7. The average Bonchev–Trinajstić information content (AvgIpc) is 3.53. The first kappa shape index (κ1) is 20.0. The van der Waals surface area contributed by atoms with Crippen molar-refractivity contribution in [1.29, 1.82) is 0 Å². The van der Waals surface area contributed by atoms with Crippen LogP contribution in [-0.2, 0) is 16.1 Å². The zero-order chi connectivity index (χ0) is 21.1. The summed E-state index contributed by atoms with van der Waals surface area (Å²) in [6, 6.07) is 21.3. The molecular weight excluding hydrogens is 376 g/mol. The number of hydrogen-bond donors (Lipinski definition) is 1. The molecule has 4 rings (SSSR count). The summed E-state index contributed by atoms with van der Waals surface area (Å²) in [6.45, 7) is 4.56. The molecule has 1 N–H and O–H groups in total. The number of nitrogens with one attached hydrogen (secondary N) is 1. The number of carbonyl (C=O) groups is 2. The predicted molar refractivity (Wildman–Crippen MR) is 115 cm³/mol. The monoisotopic (exact) mass is 402 g/mol. The third kappa shape index (κ3) is 4.46. The van der Waals surface area contributed by atoms with E-state index < -0.39 is 12.1 Å². The number of hydrogen-bond acceptors (Lipinski definition) is 3. The van der Waals surface area contributed by atoms with E-state index in [2.05, 4.69) is 22.0 Å². The molecule has 0 aliphatic heterocycles. The molecule has 0 saturated heterocycles. The molecule has 1 unspecified atom stereocenters. The molecule has 1 amide bonds. The van der Waals surface area contributed by atoms with Gasteiger partial charge in [-0.25, -0.2) is 4.79 Å². The van der Waals surface area contributed by atoms with Gasteiger partial charge in [0.25, 0.3) is 5.91 Å². The van der Waals surface area contributed by atoms with E-state index in [1.165, 1.54) is 0 Å². The molecule has 0 bridgehead atoms. The van der Waals surface area contributed by atoms with Crippen molar-refractivity contribution in [2.75, 3.05) is 0 Å². The topological polar surface area (TPSA) is 60.3 Å². The summed E-state index contributed by atoms with van der Waals surface area (Å²) >= 11 is 0. The van der Waals surface area contributed by atoms with Crippen molar-refractivity contribution in [2.45, 2.75) is 45.4 Å². The number of esters is 1. The smallest absolute Gasteiger partial charge is 0.341 e. The summed E-state index contributed by atoms with van der Waals surface area (Å²) in [5.41, 5.74) is 4.12. The number of nitrogens with zero attached hydrogens (tertiary/aromatic N) is 1. The first-order chi connectivity index (χ1) is 14.5. The van der Waals surface area contributed by atoms with E-state index in [0.29, 0.717) is 17.7 Å². The Morgan fingerprint density at radius 3 is 2.30 bits per heavy atom. The van der Waals surface area contributed by atoms with Crippen LogP contribution >= 0.6 is 0 Å². The highest BCUT2D eigenvalue weighted by molar-refractivity contribution is 5.94. The van der Waals surface area contributed by atoms with Gasteiger partial charge in [-0.05, 0) is 38.3 Å². The van der Waals surface area contributed by atoms with E-state index in [9.17, 15) is 9.59 Å². The Hall–Kier alpha value is -3.34.